The van der Waals surface area contributed by atoms with Crippen LogP contribution in [0.1, 0.15) is 42.8 Å². The van der Waals surface area contributed by atoms with Crippen LogP contribution in [0.4, 0.5) is 4.39 Å². The topological polar surface area (TPSA) is 98.2 Å². The molecule has 0 aliphatic carbocycles. The van der Waals surface area contributed by atoms with Gasteiger partial charge in [-0.05, 0) is 72.1 Å². The largest absolute Gasteiger partial charge is 0.486 e. The molecule has 4 aromatic rings. The maximum absolute atomic E-state index is 13.5. The molecule has 6 rings (SSSR count). The van der Waals surface area contributed by atoms with E-state index in [4.69, 9.17) is 9.47 Å². The summed E-state index contributed by atoms with van der Waals surface area (Å²) in [5.41, 5.74) is 1.93. The first-order valence-electron chi connectivity index (χ1n) is 12.3. The van der Waals surface area contributed by atoms with Gasteiger partial charge in [-0.15, -0.1) is 5.10 Å². The predicted octanol–water partition coefficient (Wildman–Crippen LogP) is 3.29. The molecule has 2 aliphatic heterocycles. The van der Waals surface area contributed by atoms with E-state index in [2.05, 4.69) is 32.3 Å². The van der Waals surface area contributed by atoms with E-state index in [1.807, 2.05) is 18.2 Å². The Morgan fingerprint density at radius 2 is 1.81 bits per heavy atom. The summed E-state index contributed by atoms with van der Waals surface area (Å²) >= 11 is 0. The summed E-state index contributed by atoms with van der Waals surface area (Å²) in [5, 5.41) is 13.4. The van der Waals surface area contributed by atoms with E-state index in [-0.39, 0.29) is 11.4 Å². The molecule has 0 bridgehead atoms. The van der Waals surface area contributed by atoms with Crippen LogP contribution >= 0.6 is 0 Å². The Morgan fingerprint density at radius 3 is 2.56 bits per heavy atom. The average molecular weight is 491 g/mol. The molecule has 0 amide bonds. The Hall–Kier alpha value is -3.79. The van der Waals surface area contributed by atoms with Crippen molar-refractivity contribution in [3.8, 4) is 11.5 Å². The number of aromatic amines is 1. The van der Waals surface area contributed by atoms with Gasteiger partial charge in [0.2, 0.25) is 0 Å². The number of ether oxygens (including phenoxy) is 2. The molecule has 0 saturated carbocycles. The SMILES string of the molecule is CC1CCN([C@H](c2cc3cc4c(cc3[nH]c2=O)OCCO4)c2nnnn2Cc2ccc(F)cc2)CC1. The molecule has 2 aromatic carbocycles. The van der Waals surface area contributed by atoms with Crippen molar-refractivity contribution < 1.29 is 13.9 Å². The Bertz CT molecular complexity index is 1440. The highest BCUT2D eigenvalue weighted by Crippen LogP contribution is 2.36. The quantitative estimate of drug-likeness (QED) is 0.458. The van der Waals surface area contributed by atoms with E-state index in [9.17, 15) is 9.18 Å². The standard InChI is InChI=1S/C26H27FN6O3/c1-16-6-8-32(9-7-16)24(25-29-30-31-33(25)15-17-2-4-19(27)5-3-17)20-12-18-13-22-23(36-11-10-35-22)14-21(18)28-26(20)34/h2-5,12-14,16,24H,6-11,15H2,1H3,(H,28,34)/t24-/m1/s1. The van der Waals surface area contributed by atoms with Crippen molar-refractivity contribution >= 4 is 10.9 Å². The Balaban J connectivity index is 1.44. The van der Waals surface area contributed by atoms with Gasteiger partial charge in [0.1, 0.15) is 25.1 Å². The lowest BCUT2D eigenvalue weighted by molar-refractivity contribution is 0.149. The maximum Gasteiger partial charge on any atom is 0.253 e. The average Bonchev–Trinajstić information content (AvgIpc) is 3.33. The van der Waals surface area contributed by atoms with E-state index in [1.165, 1.54) is 12.1 Å². The number of piperidine rings is 1. The first kappa shape index (κ1) is 22.7. The fourth-order valence-electron chi connectivity index (χ4n) is 5.03. The van der Waals surface area contributed by atoms with Crippen LogP contribution in [0.25, 0.3) is 10.9 Å². The van der Waals surface area contributed by atoms with Gasteiger partial charge in [0.15, 0.2) is 17.3 Å². The highest BCUT2D eigenvalue weighted by Gasteiger charge is 2.32. The Morgan fingerprint density at radius 1 is 1.08 bits per heavy atom. The van der Waals surface area contributed by atoms with E-state index in [0.29, 0.717) is 54.1 Å². The minimum absolute atomic E-state index is 0.195. The van der Waals surface area contributed by atoms with Crippen molar-refractivity contribution in [2.24, 2.45) is 5.92 Å². The Kier molecular flexibility index (Phi) is 5.88. The third-order valence-corrected chi connectivity index (χ3v) is 7.06. The number of hydrogen-bond donors (Lipinski definition) is 1. The van der Waals surface area contributed by atoms with E-state index in [1.54, 1.807) is 16.8 Å². The van der Waals surface area contributed by atoms with Gasteiger partial charge in [-0.2, -0.15) is 0 Å². The molecular formula is C26H27FN6O3. The summed E-state index contributed by atoms with van der Waals surface area (Å²) in [6.07, 6.45) is 2.06. The van der Waals surface area contributed by atoms with Gasteiger partial charge in [-0.3, -0.25) is 9.69 Å². The molecule has 2 aliphatic rings. The van der Waals surface area contributed by atoms with Crippen molar-refractivity contribution in [2.45, 2.75) is 32.4 Å². The number of nitrogens with zero attached hydrogens (tertiary/aromatic N) is 5. The summed E-state index contributed by atoms with van der Waals surface area (Å²) in [6, 6.07) is 11.5. The number of aromatic nitrogens is 5. The molecule has 9 nitrogen and oxygen atoms in total. The molecule has 0 unspecified atom stereocenters. The molecule has 10 heteroatoms. The molecule has 1 saturated heterocycles. The van der Waals surface area contributed by atoms with Crippen LogP contribution in [-0.4, -0.2) is 56.4 Å². The van der Waals surface area contributed by atoms with Gasteiger partial charge in [-0.25, -0.2) is 9.07 Å². The van der Waals surface area contributed by atoms with Gasteiger partial charge in [-0.1, -0.05) is 19.1 Å². The van der Waals surface area contributed by atoms with Gasteiger partial charge >= 0.3 is 0 Å². The molecule has 1 fully saturated rings. The van der Waals surface area contributed by atoms with Gasteiger partial charge in [0.05, 0.1) is 12.1 Å². The summed E-state index contributed by atoms with van der Waals surface area (Å²) in [7, 11) is 0. The highest BCUT2D eigenvalue weighted by molar-refractivity contribution is 5.83. The van der Waals surface area contributed by atoms with Crippen LogP contribution < -0.4 is 15.0 Å². The molecule has 4 heterocycles. The fraction of sp³-hybridized carbons (Fsp3) is 0.385. The lowest BCUT2D eigenvalue weighted by Gasteiger charge is -2.36. The number of fused-ring (bicyclic) bond motifs is 2. The van der Waals surface area contributed by atoms with Crippen molar-refractivity contribution in [2.75, 3.05) is 26.3 Å². The van der Waals surface area contributed by atoms with Crippen LogP contribution in [0.15, 0.2) is 47.3 Å². The van der Waals surface area contributed by atoms with Crippen molar-refractivity contribution in [3.05, 3.63) is 75.6 Å². The first-order valence-corrected chi connectivity index (χ1v) is 12.3. The zero-order chi connectivity index (χ0) is 24.6. The zero-order valence-electron chi connectivity index (χ0n) is 20.0. The van der Waals surface area contributed by atoms with Crippen molar-refractivity contribution in [1.82, 2.24) is 30.1 Å². The molecule has 1 atom stereocenters. The Labute approximate surface area is 206 Å². The lowest BCUT2D eigenvalue weighted by atomic mass is 9.95. The van der Waals surface area contributed by atoms with Crippen LogP contribution in [0.5, 0.6) is 11.5 Å². The monoisotopic (exact) mass is 490 g/mol. The molecular weight excluding hydrogens is 463 g/mol. The van der Waals surface area contributed by atoms with Gasteiger partial charge in [0, 0.05) is 17.0 Å². The summed E-state index contributed by atoms with van der Waals surface area (Å²) in [4.78, 5) is 18.8. The second-order valence-corrected chi connectivity index (χ2v) is 9.58. The first-order chi connectivity index (χ1) is 17.5. The van der Waals surface area contributed by atoms with Gasteiger partial charge in [0.25, 0.3) is 5.56 Å². The third kappa shape index (κ3) is 4.32. The number of rotatable bonds is 5. The third-order valence-electron chi connectivity index (χ3n) is 7.06. The molecule has 186 valence electrons. The molecule has 36 heavy (non-hydrogen) atoms. The summed E-state index contributed by atoms with van der Waals surface area (Å²) < 4.78 is 26.6. The van der Waals surface area contributed by atoms with E-state index in [0.717, 1.165) is 36.9 Å². The minimum Gasteiger partial charge on any atom is -0.486 e. The smallest absolute Gasteiger partial charge is 0.253 e. The zero-order valence-corrected chi connectivity index (χ0v) is 20.0. The highest BCUT2D eigenvalue weighted by atomic mass is 19.1. The molecule has 2 aromatic heterocycles. The summed E-state index contributed by atoms with van der Waals surface area (Å²) in [5.74, 6) is 2.19. The normalized spacial score (nSPS) is 17.4. The van der Waals surface area contributed by atoms with Crippen LogP contribution in [0.2, 0.25) is 0 Å². The summed E-state index contributed by atoms with van der Waals surface area (Å²) in [6.45, 7) is 5.24. The number of H-pyrrole nitrogens is 1. The maximum atomic E-state index is 13.5. The van der Waals surface area contributed by atoms with Crippen molar-refractivity contribution in [3.63, 3.8) is 0 Å². The molecule has 0 radical (unpaired) electrons. The number of benzene rings is 2. The predicted molar refractivity (Wildman–Crippen MR) is 131 cm³/mol. The van der Waals surface area contributed by atoms with Crippen LogP contribution in [0.3, 0.4) is 0 Å². The van der Waals surface area contributed by atoms with E-state index >= 15 is 0 Å². The second-order valence-electron chi connectivity index (χ2n) is 9.58. The number of hydrogen-bond acceptors (Lipinski definition) is 7. The number of likely N-dealkylation sites (tertiary alicyclic amines) is 1. The number of pyridine rings is 1. The van der Waals surface area contributed by atoms with E-state index < -0.39 is 6.04 Å². The van der Waals surface area contributed by atoms with Gasteiger partial charge < -0.3 is 14.5 Å². The van der Waals surface area contributed by atoms with Crippen LogP contribution in [0, 0.1) is 11.7 Å². The number of nitrogens with one attached hydrogen (secondary N) is 1. The molecule has 1 N–H and O–H groups in total. The lowest BCUT2D eigenvalue weighted by Crippen LogP contribution is -2.40. The minimum atomic E-state index is -0.436. The van der Waals surface area contributed by atoms with Crippen LogP contribution in [-0.2, 0) is 6.54 Å². The number of halogens is 1. The van der Waals surface area contributed by atoms with Crippen molar-refractivity contribution in [1.29, 1.82) is 0 Å². The fourth-order valence-corrected chi connectivity index (χ4v) is 5.03. The molecule has 0 spiro atoms. The number of tetrazole rings is 1. The second kappa shape index (κ2) is 9.34.